The number of halogens is 4. The van der Waals surface area contributed by atoms with E-state index in [-0.39, 0.29) is 60.4 Å². The van der Waals surface area contributed by atoms with Crippen molar-refractivity contribution < 1.29 is 31.2 Å². The summed E-state index contributed by atoms with van der Waals surface area (Å²) in [7, 11) is -0.348. The second-order valence-corrected chi connectivity index (χ2v) is 12.5. The van der Waals surface area contributed by atoms with E-state index in [9.17, 15) is 31.2 Å². The number of aliphatic imine (C=N–C) groups is 1. The zero-order valence-corrected chi connectivity index (χ0v) is 23.2. The number of hydrogen-bond donors (Lipinski definition) is 1. The van der Waals surface area contributed by atoms with Crippen molar-refractivity contribution in [3.63, 3.8) is 0 Å². The van der Waals surface area contributed by atoms with Crippen LogP contribution in [-0.2, 0) is 27.4 Å². The molecule has 0 aliphatic carbocycles. The van der Waals surface area contributed by atoms with Gasteiger partial charge in [0.25, 0.3) is 11.8 Å². The fourth-order valence-electron chi connectivity index (χ4n) is 4.75. The molecule has 1 spiro atoms. The van der Waals surface area contributed by atoms with E-state index in [1.807, 2.05) is 6.92 Å². The second-order valence-electron chi connectivity index (χ2n) is 9.98. The molecule has 2 aliphatic heterocycles. The normalized spacial score (nSPS) is 17.7. The van der Waals surface area contributed by atoms with Crippen molar-refractivity contribution in [1.29, 1.82) is 0 Å². The lowest BCUT2D eigenvalue weighted by molar-refractivity contribution is -0.137. The Bertz CT molecular complexity index is 1450. The number of carbonyl (C=O) groups excluding carboxylic acids is 2. The molecule has 2 heterocycles. The summed E-state index contributed by atoms with van der Waals surface area (Å²) in [5.41, 5.74) is -0.0384. The molecule has 0 saturated carbocycles. The van der Waals surface area contributed by atoms with Gasteiger partial charge in [-0.15, -0.1) is 0 Å². The van der Waals surface area contributed by atoms with Crippen LogP contribution in [0.25, 0.3) is 0 Å². The highest BCUT2D eigenvalue weighted by molar-refractivity contribution is 7.89. The van der Waals surface area contributed by atoms with Gasteiger partial charge in [-0.3, -0.25) is 14.6 Å². The molecule has 13 heteroatoms. The number of aryl methyl sites for hydroxylation is 2. The number of amidine groups is 1. The minimum Gasteiger partial charge on any atom is -0.345 e. The predicted octanol–water partition coefficient (Wildman–Crippen LogP) is 3.65. The first-order valence-corrected chi connectivity index (χ1v) is 14.2. The van der Waals surface area contributed by atoms with Crippen molar-refractivity contribution in [2.45, 2.75) is 37.9 Å². The molecule has 8 nitrogen and oxygen atoms in total. The third kappa shape index (κ3) is 6.12. The molecule has 1 N–H and O–H groups in total. The highest BCUT2D eigenvalue weighted by atomic mass is 35.5. The standard InChI is InChI=1S/C26H28ClF3N4O4S/c1-16-12-18(23(35)33(2)3)5-4-17(16)6-11-39(37,38)34-9-7-25(8-10-34)24(36)31-22(32-25)19-13-20(26(28,29)30)15-21(27)14-19/h4-5,12-15H,6-11H2,1-3H3,(H,31,32,36). The van der Waals surface area contributed by atoms with Crippen LogP contribution in [0, 0.1) is 6.92 Å². The Hall–Kier alpha value is -2.96. The van der Waals surface area contributed by atoms with Gasteiger partial charge in [0.2, 0.25) is 10.0 Å². The summed E-state index contributed by atoms with van der Waals surface area (Å²) in [4.78, 5) is 30.9. The van der Waals surface area contributed by atoms with Crippen LogP contribution in [0.4, 0.5) is 13.2 Å². The van der Waals surface area contributed by atoms with E-state index in [1.54, 1.807) is 32.3 Å². The van der Waals surface area contributed by atoms with Crippen LogP contribution in [0.5, 0.6) is 0 Å². The predicted molar refractivity (Wildman–Crippen MR) is 141 cm³/mol. The Morgan fingerprint density at radius 3 is 2.41 bits per heavy atom. The Balaban J connectivity index is 1.44. The van der Waals surface area contributed by atoms with Crippen molar-refractivity contribution in [3.05, 3.63) is 69.2 Å². The maximum Gasteiger partial charge on any atom is 0.416 e. The summed E-state index contributed by atoms with van der Waals surface area (Å²) in [5.74, 6) is -0.787. The van der Waals surface area contributed by atoms with Gasteiger partial charge in [0.05, 0.1) is 11.3 Å². The Kier molecular flexibility index (Phi) is 7.85. The molecule has 39 heavy (non-hydrogen) atoms. The lowest BCUT2D eigenvalue weighted by Gasteiger charge is -2.34. The van der Waals surface area contributed by atoms with Crippen molar-refractivity contribution >= 4 is 39.3 Å². The Morgan fingerprint density at radius 1 is 1.15 bits per heavy atom. The molecule has 2 aromatic rings. The minimum atomic E-state index is -4.62. The van der Waals surface area contributed by atoms with E-state index in [0.29, 0.717) is 5.56 Å². The molecule has 4 rings (SSSR count). The molecule has 2 aliphatic rings. The van der Waals surface area contributed by atoms with Crippen LogP contribution >= 0.6 is 11.6 Å². The molecule has 0 atom stereocenters. The fourth-order valence-corrected chi connectivity index (χ4v) is 6.46. The monoisotopic (exact) mass is 584 g/mol. The number of rotatable bonds is 6. The van der Waals surface area contributed by atoms with Crippen LogP contribution in [0.3, 0.4) is 0 Å². The number of nitrogens with zero attached hydrogens (tertiary/aromatic N) is 3. The topological polar surface area (TPSA) is 99.2 Å². The minimum absolute atomic E-state index is 0.0176. The van der Waals surface area contributed by atoms with Gasteiger partial charge in [-0.05, 0) is 67.6 Å². The van der Waals surface area contributed by atoms with E-state index in [0.717, 1.165) is 23.3 Å². The zero-order chi connectivity index (χ0) is 28.8. The number of carbonyl (C=O) groups is 2. The van der Waals surface area contributed by atoms with Crippen molar-refractivity contribution in [1.82, 2.24) is 14.5 Å². The molecular weight excluding hydrogens is 557 g/mol. The van der Waals surface area contributed by atoms with Crippen molar-refractivity contribution in [2.75, 3.05) is 32.9 Å². The zero-order valence-electron chi connectivity index (χ0n) is 21.6. The maximum absolute atomic E-state index is 13.2. The molecule has 0 bridgehead atoms. The van der Waals surface area contributed by atoms with Crippen molar-refractivity contribution in [3.8, 4) is 0 Å². The number of hydrogen-bond acceptors (Lipinski definition) is 5. The third-order valence-electron chi connectivity index (χ3n) is 7.05. The highest BCUT2D eigenvalue weighted by Crippen LogP contribution is 2.35. The summed E-state index contributed by atoms with van der Waals surface area (Å²) in [6.45, 7) is 1.92. The molecule has 2 aromatic carbocycles. The molecule has 210 valence electrons. The van der Waals surface area contributed by atoms with Gasteiger partial charge >= 0.3 is 6.18 Å². The summed E-state index contributed by atoms with van der Waals surface area (Å²) in [6, 6.07) is 8.12. The van der Waals surface area contributed by atoms with Crippen LogP contribution in [0.15, 0.2) is 41.4 Å². The van der Waals surface area contributed by atoms with Gasteiger partial charge in [0.15, 0.2) is 0 Å². The number of alkyl halides is 3. The fraction of sp³-hybridized carbons (Fsp3) is 0.423. The SMILES string of the molecule is Cc1cc(C(=O)N(C)C)ccc1CCS(=O)(=O)N1CCC2(CC1)N=C(c1cc(Cl)cc(C(F)(F)F)c1)NC2=O. The first kappa shape index (κ1) is 29.0. The quantitative estimate of drug-likeness (QED) is 0.560. The van der Waals surface area contributed by atoms with E-state index in [2.05, 4.69) is 10.3 Å². The number of amides is 2. The average molecular weight is 585 g/mol. The second kappa shape index (κ2) is 10.5. The van der Waals surface area contributed by atoms with Gasteiger partial charge in [-0.2, -0.15) is 13.2 Å². The van der Waals surface area contributed by atoms with E-state index in [4.69, 9.17) is 11.6 Å². The average Bonchev–Trinajstić information content (AvgIpc) is 3.17. The van der Waals surface area contributed by atoms with E-state index >= 15 is 0 Å². The summed E-state index contributed by atoms with van der Waals surface area (Å²) < 4.78 is 67.2. The largest absolute Gasteiger partial charge is 0.416 e. The van der Waals surface area contributed by atoms with Gasteiger partial charge in [0.1, 0.15) is 11.4 Å². The lowest BCUT2D eigenvalue weighted by atomic mass is 9.89. The van der Waals surface area contributed by atoms with Gasteiger partial charge in [-0.25, -0.2) is 12.7 Å². The van der Waals surface area contributed by atoms with E-state index < -0.39 is 33.2 Å². The Labute approximate surface area is 229 Å². The first-order valence-electron chi connectivity index (χ1n) is 12.2. The maximum atomic E-state index is 13.2. The number of sulfonamides is 1. The number of benzene rings is 2. The molecule has 1 saturated heterocycles. The third-order valence-corrected chi connectivity index (χ3v) is 9.14. The number of nitrogens with one attached hydrogen (secondary N) is 1. The van der Waals surface area contributed by atoms with E-state index in [1.165, 1.54) is 15.3 Å². The molecular formula is C26H28ClF3N4O4S. The summed E-state index contributed by atoms with van der Waals surface area (Å²) in [5, 5.41) is 2.41. The molecule has 0 aromatic heterocycles. The molecule has 2 amide bonds. The lowest BCUT2D eigenvalue weighted by Crippen LogP contribution is -2.50. The van der Waals surface area contributed by atoms with Gasteiger partial charge in [0, 0.05) is 43.3 Å². The molecule has 0 unspecified atom stereocenters. The first-order chi connectivity index (χ1) is 18.1. The highest BCUT2D eigenvalue weighted by Gasteiger charge is 2.47. The van der Waals surface area contributed by atoms with Crippen LogP contribution in [-0.4, -0.2) is 73.7 Å². The smallest absolute Gasteiger partial charge is 0.345 e. The van der Waals surface area contributed by atoms with Crippen molar-refractivity contribution in [2.24, 2.45) is 4.99 Å². The summed E-state index contributed by atoms with van der Waals surface area (Å²) >= 11 is 5.88. The van der Waals surface area contributed by atoms with Gasteiger partial charge < -0.3 is 10.2 Å². The van der Waals surface area contributed by atoms with Gasteiger partial charge in [-0.1, -0.05) is 17.7 Å². The van der Waals surface area contributed by atoms with Crippen LogP contribution in [0.1, 0.15) is 45.5 Å². The molecule has 0 radical (unpaired) electrons. The van der Waals surface area contributed by atoms with Crippen LogP contribution < -0.4 is 5.32 Å². The van der Waals surface area contributed by atoms with Crippen LogP contribution in [0.2, 0.25) is 5.02 Å². The number of piperidine rings is 1. The Morgan fingerprint density at radius 2 is 1.82 bits per heavy atom. The molecule has 1 fully saturated rings. The summed E-state index contributed by atoms with van der Waals surface area (Å²) in [6.07, 6.45) is -4.18.